The smallest absolute Gasteiger partial charge is 0.123 e. The third-order valence-corrected chi connectivity index (χ3v) is 3.67. The normalized spacial score (nSPS) is 11.6. The summed E-state index contributed by atoms with van der Waals surface area (Å²) in [5.74, 6) is 1.15. The van der Waals surface area contributed by atoms with Gasteiger partial charge in [-0.15, -0.1) is 0 Å². The van der Waals surface area contributed by atoms with Gasteiger partial charge in [-0.1, -0.05) is 26.0 Å². The molecule has 0 bridgehead atoms. The van der Waals surface area contributed by atoms with Crippen molar-refractivity contribution >= 4 is 11.0 Å². The van der Waals surface area contributed by atoms with Gasteiger partial charge < -0.3 is 14.8 Å². The van der Waals surface area contributed by atoms with E-state index in [0.717, 1.165) is 50.5 Å². The summed E-state index contributed by atoms with van der Waals surface area (Å²) in [6, 6.07) is 8.39. The molecule has 0 atom stereocenters. The summed E-state index contributed by atoms with van der Waals surface area (Å²) in [6.07, 6.45) is 1.13. The molecule has 0 saturated heterocycles. The van der Waals surface area contributed by atoms with E-state index in [1.807, 2.05) is 0 Å². The first-order valence-corrected chi connectivity index (χ1v) is 7.59. The number of imidazole rings is 1. The minimum atomic E-state index is 0.840. The summed E-state index contributed by atoms with van der Waals surface area (Å²) in [5, 5.41) is 3.50. The van der Waals surface area contributed by atoms with Crippen LogP contribution in [-0.2, 0) is 13.1 Å². The lowest BCUT2D eigenvalue weighted by Crippen LogP contribution is -2.29. The standard InChI is InChI=1S/C16H26N4/c1-4-11-20-15-9-7-6-8-14(15)18-16(20)13-17-10-12-19(3)5-2/h6-9,17H,4-5,10-13H2,1-3H3. The van der Waals surface area contributed by atoms with Crippen LogP contribution in [0.15, 0.2) is 24.3 Å². The number of hydrogen-bond acceptors (Lipinski definition) is 3. The number of fused-ring (bicyclic) bond motifs is 1. The first kappa shape index (κ1) is 15.0. The van der Waals surface area contributed by atoms with Gasteiger partial charge in [0.05, 0.1) is 17.6 Å². The van der Waals surface area contributed by atoms with Gasteiger partial charge in [0.25, 0.3) is 0 Å². The van der Waals surface area contributed by atoms with Gasteiger partial charge in [0.2, 0.25) is 0 Å². The van der Waals surface area contributed by atoms with Crippen LogP contribution in [0.4, 0.5) is 0 Å². The molecule has 0 spiro atoms. The Bertz CT molecular complexity index is 532. The Morgan fingerprint density at radius 3 is 2.80 bits per heavy atom. The Hall–Kier alpha value is -1.39. The van der Waals surface area contributed by atoms with Crippen molar-refractivity contribution in [2.45, 2.75) is 33.4 Å². The van der Waals surface area contributed by atoms with Crippen LogP contribution >= 0.6 is 0 Å². The van der Waals surface area contributed by atoms with Crippen molar-refractivity contribution in [3.8, 4) is 0 Å². The Morgan fingerprint density at radius 1 is 1.25 bits per heavy atom. The fourth-order valence-corrected chi connectivity index (χ4v) is 2.36. The lowest BCUT2D eigenvalue weighted by atomic mass is 10.3. The van der Waals surface area contributed by atoms with E-state index in [2.05, 4.69) is 59.9 Å². The number of nitrogens with one attached hydrogen (secondary N) is 1. The average molecular weight is 274 g/mol. The molecule has 0 unspecified atom stereocenters. The predicted octanol–water partition coefficient (Wildman–Crippen LogP) is 2.49. The molecule has 0 fully saturated rings. The summed E-state index contributed by atoms with van der Waals surface area (Å²) >= 11 is 0. The molecule has 0 aliphatic carbocycles. The maximum Gasteiger partial charge on any atom is 0.123 e. The van der Waals surface area contributed by atoms with Gasteiger partial charge >= 0.3 is 0 Å². The van der Waals surface area contributed by atoms with Crippen molar-refractivity contribution in [2.24, 2.45) is 0 Å². The van der Waals surface area contributed by atoms with Gasteiger partial charge in [0, 0.05) is 19.6 Å². The summed E-state index contributed by atoms with van der Waals surface area (Å²) in [5.41, 5.74) is 2.35. The highest BCUT2D eigenvalue weighted by molar-refractivity contribution is 5.75. The summed E-state index contributed by atoms with van der Waals surface area (Å²) in [7, 11) is 2.15. The maximum absolute atomic E-state index is 4.75. The molecule has 0 aliphatic heterocycles. The molecule has 2 rings (SSSR count). The van der Waals surface area contributed by atoms with Gasteiger partial charge in [0.15, 0.2) is 0 Å². The minimum absolute atomic E-state index is 0.840. The molecular weight excluding hydrogens is 248 g/mol. The molecule has 1 N–H and O–H groups in total. The van der Waals surface area contributed by atoms with E-state index in [9.17, 15) is 0 Å². The highest BCUT2D eigenvalue weighted by atomic mass is 15.1. The number of benzene rings is 1. The lowest BCUT2D eigenvalue weighted by Gasteiger charge is -2.14. The van der Waals surface area contributed by atoms with E-state index in [0.29, 0.717) is 0 Å². The molecule has 1 aromatic heterocycles. The number of aryl methyl sites for hydroxylation is 1. The maximum atomic E-state index is 4.75. The van der Waals surface area contributed by atoms with E-state index in [1.165, 1.54) is 5.52 Å². The number of para-hydroxylation sites is 2. The van der Waals surface area contributed by atoms with Crippen molar-refractivity contribution < 1.29 is 0 Å². The Morgan fingerprint density at radius 2 is 2.05 bits per heavy atom. The lowest BCUT2D eigenvalue weighted by molar-refractivity contribution is 0.347. The van der Waals surface area contributed by atoms with Crippen LogP contribution in [0, 0.1) is 0 Å². The Labute approximate surface area is 121 Å². The van der Waals surface area contributed by atoms with Crippen molar-refractivity contribution in [1.82, 2.24) is 19.8 Å². The third-order valence-electron chi connectivity index (χ3n) is 3.67. The molecule has 1 aromatic carbocycles. The Balaban J connectivity index is 2.03. The van der Waals surface area contributed by atoms with Gasteiger partial charge in [-0.3, -0.25) is 0 Å². The molecule has 0 aliphatic rings. The number of nitrogens with zero attached hydrogens (tertiary/aromatic N) is 3. The molecular formula is C16H26N4. The second-order valence-corrected chi connectivity index (χ2v) is 5.24. The van der Waals surface area contributed by atoms with Crippen LogP contribution in [0.25, 0.3) is 11.0 Å². The SMILES string of the molecule is CCCn1c(CNCCN(C)CC)nc2ccccc21. The van der Waals surface area contributed by atoms with Crippen molar-refractivity contribution in [3.05, 3.63) is 30.1 Å². The summed E-state index contributed by atoms with van der Waals surface area (Å²) < 4.78 is 2.34. The topological polar surface area (TPSA) is 33.1 Å². The van der Waals surface area contributed by atoms with E-state index >= 15 is 0 Å². The fraction of sp³-hybridized carbons (Fsp3) is 0.562. The van der Waals surface area contributed by atoms with E-state index in [4.69, 9.17) is 4.98 Å². The zero-order chi connectivity index (χ0) is 14.4. The fourth-order valence-electron chi connectivity index (χ4n) is 2.36. The number of likely N-dealkylation sites (N-methyl/N-ethyl adjacent to an activating group) is 1. The zero-order valence-corrected chi connectivity index (χ0v) is 12.9. The van der Waals surface area contributed by atoms with Crippen LogP contribution in [-0.4, -0.2) is 41.1 Å². The van der Waals surface area contributed by atoms with Crippen LogP contribution in [0.2, 0.25) is 0 Å². The molecule has 0 saturated carbocycles. The molecule has 2 aromatic rings. The van der Waals surface area contributed by atoms with Gasteiger partial charge in [-0.2, -0.15) is 0 Å². The van der Waals surface area contributed by atoms with E-state index in [1.54, 1.807) is 0 Å². The van der Waals surface area contributed by atoms with E-state index < -0.39 is 0 Å². The van der Waals surface area contributed by atoms with Crippen molar-refractivity contribution in [1.29, 1.82) is 0 Å². The first-order chi connectivity index (χ1) is 9.76. The monoisotopic (exact) mass is 274 g/mol. The molecule has 1 heterocycles. The molecule has 4 nitrogen and oxygen atoms in total. The van der Waals surface area contributed by atoms with Crippen molar-refractivity contribution in [2.75, 3.05) is 26.7 Å². The Kier molecular flexibility index (Phi) is 5.56. The third kappa shape index (κ3) is 3.58. The molecule has 110 valence electrons. The zero-order valence-electron chi connectivity index (χ0n) is 12.9. The molecule has 20 heavy (non-hydrogen) atoms. The van der Waals surface area contributed by atoms with Crippen LogP contribution in [0.1, 0.15) is 26.1 Å². The second-order valence-electron chi connectivity index (χ2n) is 5.24. The summed E-state index contributed by atoms with van der Waals surface area (Å²) in [6.45, 7) is 9.43. The highest BCUT2D eigenvalue weighted by Gasteiger charge is 2.08. The minimum Gasteiger partial charge on any atom is -0.327 e. The molecule has 4 heteroatoms. The largest absolute Gasteiger partial charge is 0.327 e. The van der Waals surface area contributed by atoms with Crippen LogP contribution in [0.5, 0.6) is 0 Å². The van der Waals surface area contributed by atoms with Gasteiger partial charge in [0.1, 0.15) is 5.82 Å². The number of rotatable bonds is 8. The molecule has 0 amide bonds. The molecule has 0 radical (unpaired) electrons. The van der Waals surface area contributed by atoms with Crippen LogP contribution < -0.4 is 5.32 Å². The van der Waals surface area contributed by atoms with E-state index in [-0.39, 0.29) is 0 Å². The van der Waals surface area contributed by atoms with Crippen molar-refractivity contribution in [3.63, 3.8) is 0 Å². The quantitative estimate of drug-likeness (QED) is 0.751. The first-order valence-electron chi connectivity index (χ1n) is 7.59. The highest BCUT2D eigenvalue weighted by Crippen LogP contribution is 2.16. The van der Waals surface area contributed by atoms with Gasteiger partial charge in [-0.05, 0) is 32.1 Å². The van der Waals surface area contributed by atoms with Crippen LogP contribution in [0.3, 0.4) is 0 Å². The average Bonchev–Trinajstić information content (AvgIpc) is 2.82. The van der Waals surface area contributed by atoms with Gasteiger partial charge in [-0.25, -0.2) is 4.98 Å². The predicted molar refractivity (Wildman–Crippen MR) is 84.9 cm³/mol. The second kappa shape index (κ2) is 7.41. The number of hydrogen-bond donors (Lipinski definition) is 1. The number of aromatic nitrogens is 2. The summed E-state index contributed by atoms with van der Waals surface area (Å²) in [4.78, 5) is 7.06.